The Labute approximate surface area is 131 Å². The molecule has 1 aliphatic heterocycles. The third-order valence-electron chi connectivity index (χ3n) is 3.69. The molecule has 0 unspecified atom stereocenters. The van der Waals surface area contributed by atoms with Crippen molar-refractivity contribution in [1.29, 1.82) is 0 Å². The fourth-order valence-corrected chi connectivity index (χ4v) is 4.08. The third kappa shape index (κ3) is 3.48. The smallest absolute Gasteiger partial charge is 0.244 e. The summed E-state index contributed by atoms with van der Waals surface area (Å²) >= 11 is 6.02. The number of rotatable bonds is 4. The van der Waals surface area contributed by atoms with Gasteiger partial charge in [0.05, 0.1) is 5.02 Å². The van der Waals surface area contributed by atoms with E-state index in [0.717, 1.165) is 13.1 Å². The van der Waals surface area contributed by atoms with Crippen molar-refractivity contribution >= 4 is 27.4 Å². The average Bonchev–Trinajstić information content (AvgIpc) is 2.47. The lowest BCUT2D eigenvalue weighted by Crippen LogP contribution is -2.50. The van der Waals surface area contributed by atoms with Crippen LogP contribution in [0.15, 0.2) is 17.2 Å². The molecule has 0 radical (unpaired) electrons. The van der Waals surface area contributed by atoms with Crippen LogP contribution in [0.3, 0.4) is 0 Å². The first kappa shape index (κ1) is 16.5. The molecule has 6 nitrogen and oxygen atoms in total. The average molecular weight is 333 g/mol. The van der Waals surface area contributed by atoms with E-state index in [1.807, 2.05) is 0 Å². The maximum absolute atomic E-state index is 12.6. The van der Waals surface area contributed by atoms with Crippen LogP contribution in [0, 0.1) is 0 Å². The maximum Gasteiger partial charge on any atom is 0.244 e. The summed E-state index contributed by atoms with van der Waals surface area (Å²) in [6.45, 7) is 6.70. The normalized spacial score (nSPS) is 18.1. The first-order valence-corrected chi connectivity index (χ1v) is 8.75. The molecular weight excluding hydrogens is 312 g/mol. The maximum atomic E-state index is 12.6. The van der Waals surface area contributed by atoms with Gasteiger partial charge in [0, 0.05) is 45.5 Å². The van der Waals surface area contributed by atoms with E-state index >= 15 is 0 Å². The molecule has 1 saturated heterocycles. The van der Waals surface area contributed by atoms with Crippen LogP contribution in [0.25, 0.3) is 0 Å². The Balaban J connectivity index is 2.17. The summed E-state index contributed by atoms with van der Waals surface area (Å²) in [7, 11) is -1.84. The van der Waals surface area contributed by atoms with Crippen LogP contribution in [0.2, 0.25) is 5.02 Å². The zero-order valence-electron chi connectivity index (χ0n) is 12.5. The summed E-state index contributed by atoms with van der Waals surface area (Å²) in [5, 5.41) is 3.12. The second kappa shape index (κ2) is 6.48. The number of pyridine rings is 1. The van der Waals surface area contributed by atoms with Gasteiger partial charge in [0.25, 0.3) is 0 Å². The van der Waals surface area contributed by atoms with Crippen LogP contribution in [-0.2, 0) is 10.0 Å². The molecule has 1 aromatic rings. The van der Waals surface area contributed by atoms with E-state index in [1.165, 1.54) is 16.6 Å². The molecule has 0 spiro atoms. The Morgan fingerprint density at radius 3 is 2.38 bits per heavy atom. The number of nitrogens with zero attached hydrogens (tertiary/aromatic N) is 3. The molecular formula is C13H21ClN4O2S. The summed E-state index contributed by atoms with van der Waals surface area (Å²) in [5.74, 6) is 0.472. The Kier molecular flexibility index (Phi) is 5.08. The minimum absolute atomic E-state index is 0.143. The van der Waals surface area contributed by atoms with E-state index in [1.54, 1.807) is 7.05 Å². The molecule has 0 aromatic carbocycles. The largest absolute Gasteiger partial charge is 0.372 e. The zero-order valence-corrected chi connectivity index (χ0v) is 14.1. The molecule has 1 fully saturated rings. The highest BCUT2D eigenvalue weighted by molar-refractivity contribution is 7.89. The van der Waals surface area contributed by atoms with Crippen LogP contribution in [0.5, 0.6) is 0 Å². The van der Waals surface area contributed by atoms with Gasteiger partial charge in [-0.1, -0.05) is 11.6 Å². The molecule has 118 valence electrons. The van der Waals surface area contributed by atoms with Crippen LogP contribution >= 0.6 is 11.6 Å². The van der Waals surface area contributed by atoms with Crippen molar-refractivity contribution < 1.29 is 8.42 Å². The predicted molar refractivity (Wildman–Crippen MR) is 84.3 cm³/mol. The van der Waals surface area contributed by atoms with E-state index in [9.17, 15) is 8.42 Å². The summed E-state index contributed by atoms with van der Waals surface area (Å²) in [6.07, 6.45) is 1.35. The zero-order chi connectivity index (χ0) is 15.6. The number of halogens is 1. The summed E-state index contributed by atoms with van der Waals surface area (Å²) in [4.78, 5) is 6.45. The van der Waals surface area contributed by atoms with Gasteiger partial charge in [0.1, 0.15) is 10.7 Å². The van der Waals surface area contributed by atoms with Gasteiger partial charge >= 0.3 is 0 Å². The van der Waals surface area contributed by atoms with Crippen molar-refractivity contribution in [2.75, 3.05) is 38.5 Å². The fourth-order valence-electron chi connectivity index (χ4n) is 2.35. The highest BCUT2D eigenvalue weighted by Crippen LogP contribution is 2.24. The van der Waals surface area contributed by atoms with Gasteiger partial charge in [0.15, 0.2) is 0 Å². The first-order valence-electron chi connectivity index (χ1n) is 6.93. The lowest BCUT2D eigenvalue weighted by molar-refractivity contribution is 0.154. The summed E-state index contributed by atoms with van der Waals surface area (Å²) in [6, 6.07) is 1.88. The minimum Gasteiger partial charge on any atom is -0.372 e. The molecule has 0 aliphatic carbocycles. The Morgan fingerprint density at radius 1 is 1.29 bits per heavy atom. The fraction of sp³-hybridized carbons (Fsp3) is 0.615. The van der Waals surface area contributed by atoms with Gasteiger partial charge in [-0.05, 0) is 19.9 Å². The van der Waals surface area contributed by atoms with Crippen molar-refractivity contribution in [1.82, 2.24) is 14.2 Å². The van der Waals surface area contributed by atoms with Crippen LogP contribution in [0.1, 0.15) is 13.8 Å². The number of anilines is 1. The molecule has 2 rings (SSSR count). The quantitative estimate of drug-likeness (QED) is 0.905. The van der Waals surface area contributed by atoms with E-state index in [2.05, 4.69) is 29.0 Å². The van der Waals surface area contributed by atoms with E-state index in [-0.39, 0.29) is 4.90 Å². The predicted octanol–water partition coefficient (Wildman–Crippen LogP) is 1.49. The second-order valence-corrected chi connectivity index (χ2v) is 7.63. The number of sulfonamides is 1. The van der Waals surface area contributed by atoms with E-state index in [4.69, 9.17) is 11.6 Å². The van der Waals surface area contributed by atoms with Crippen LogP contribution in [-0.4, -0.2) is 61.9 Å². The van der Waals surface area contributed by atoms with Crippen molar-refractivity contribution in [3.05, 3.63) is 17.3 Å². The lowest BCUT2D eigenvalue weighted by atomic mass is 10.3. The molecule has 0 bridgehead atoms. The number of nitrogens with one attached hydrogen (secondary N) is 1. The summed E-state index contributed by atoms with van der Waals surface area (Å²) in [5.41, 5.74) is 0. The van der Waals surface area contributed by atoms with Gasteiger partial charge in [-0.25, -0.2) is 13.4 Å². The molecule has 0 atom stereocenters. The summed E-state index contributed by atoms with van der Waals surface area (Å²) < 4.78 is 26.7. The van der Waals surface area contributed by atoms with Crippen molar-refractivity contribution in [3.8, 4) is 0 Å². The Hall–Kier alpha value is -0.890. The second-order valence-electron chi connectivity index (χ2n) is 5.29. The molecule has 1 aliphatic rings. The molecule has 8 heteroatoms. The van der Waals surface area contributed by atoms with Crippen molar-refractivity contribution in [2.45, 2.75) is 24.8 Å². The van der Waals surface area contributed by atoms with Gasteiger partial charge < -0.3 is 5.32 Å². The minimum atomic E-state index is -3.53. The monoisotopic (exact) mass is 332 g/mol. The highest BCUT2D eigenvalue weighted by atomic mass is 35.5. The number of hydrogen-bond acceptors (Lipinski definition) is 5. The van der Waals surface area contributed by atoms with E-state index in [0.29, 0.717) is 30.0 Å². The molecule has 1 N–H and O–H groups in total. The van der Waals surface area contributed by atoms with Gasteiger partial charge in [-0.2, -0.15) is 4.31 Å². The molecule has 2 heterocycles. The third-order valence-corrected chi connectivity index (χ3v) is 5.85. The SMILES string of the molecule is CNc1ncc(S(=O)(=O)N2CCN(C(C)C)CC2)cc1Cl. The number of hydrogen-bond donors (Lipinski definition) is 1. The topological polar surface area (TPSA) is 65.5 Å². The van der Waals surface area contributed by atoms with Crippen LogP contribution < -0.4 is 5.32 Å². The lowest BCUT2D eigenvalue weighted by Gasteiger charge is -2.36. The van der Waals surface area contributed by atoms with Gasteiger partial charge in [-0.15, -0.1) is 0 Å². The molecule has 1 aromatic heterocycles. The van der Waals surface area contributed by atoms with Crippen molar-refractivity contribution in [2.24, 2.45) is 0 Å². The standard InChI is InChI=1S/C13H21ClN4O2S/c1-10(2)17-4-6-18(7-5-17)21(19,20)11-8-12(14)13(15-3)16-9-11/h8-10H,4-7H2,1-3H3,(H,15,16). The number of piperazine rings is 1. The molecule has 0 saturated carbocycles. The highest BCUT2D eigenvalue weighted by Gasteiger charge is 2.29. The van der Waals surface area contributed by atoms with Gasteiger partial charge in [0.2, 0.25) is 10.0 Å². The number of aromatic nitrogens is 1. The molecule has 0 amide bonds. The van der Waals surface area contributed by atoms with Crippen molar-refractivity contribution in [3.63, 3.8) is 0 Å². The van der Waals surface area contributed by atoms with Crippen LogP contribution in [0.4, 0.5) is 5.82 Å². The Bertz CT molecular complexity index is 598. The molecule has 21 heavy (non-hydrogen) atoms. The first-order chi connectivity index (χ1) is 9.86. The van der Waals surface area contributed by atoms with E-state index < -0.39 is 10.0 Å². The Morgan fingerprint density at radius 2 is 1.90 bits per heavy atom. The van der Waals surface area contributed by atoms with Gasteiger partial charge in [-0.3, -0.25) is 4.90 Å².